The Kier molecular flexibility index (Phi) is 4.26. The highest BCUT2D eigenvalue weighted by Crippen LogP contribution is 2.45. The summed E-state index contributed by atoms with van der Waals surface area (Å²) < 4.78 is 0. The zero-order valence-electron chi connectivity index (χ0n) is 20.8. The minimum Gasteiger partial charge on any atom is -0.361 e. The van der Waals surface area contributed by atoms with Gasteiger partial charge in [0.1, 0.15) is 0 Å². The van der Waals surface area contributed by atoms with E-state index in [1.807, 2.05) is 0 Å². The maximum atomic E-state index is 3.81. The number of rotatable bonds is 0. The first kappa shape index (κ1) is 21.2. The molecule has 3 N–H and O–H groups in total. The molecule has 3 aromatic heterocycles. The molecular weight excluding hydrogens is 390 g/mol. The van der Waals surface area contributed by atoms with Crippen LogP contribution in [0.1, 0.15) is 96.0 Å². The van der Waals surface area contributed by atoms with E-state index in [0.717, 1.165) is 6.42 Å². The lowest BCUT2D eigenvalue weighted by Gasteiger charge is -2.31. The van der Waals surface area contributed by atoms with Crippen molar-refractivity contribution < 1.29 is 0 Å². The Labute approximate surface area is 192 Å². The number of aromatic amines is 3. The van der Waals surface area contributed by atoms with Crippen molar-refractivity contribution in [2.45, 2.75) is 83.5 Å². The molecule has 0 amide bonds. The van der Waals surface area contributed by atoms with Crippen LogP contribution in [0.25, 0.3) is 0 Å². The number of aromatic nitrogens is 3. The van der Waals surface area contributed by atoms with Gasteiger partial charge < -0.3 is 15.0 Å². The van der Waals surface area contributed by atoms with Crippen LogP contribution >= 0.6 is 0 Å². The molecule has 32 heavy (non-hydrogen) atoms. The largest absolute Gasteiger partial charge is 0.361 e. The van der Waals surface area contributed by atoms with Crippen LogP contribution in [0.2, 0.25) is 0 Å². The van der Waals surface area contributed by atoms with Gasteiger partial charge in [-0.1, -0.05) is 51.0 Å². The summed E-state index contributed by atoms with van der Waals surface area (Å²) >= 11 is 0. The normalized spacial score (nSPS) is 22.4. The smallest absolute Gasteiger partial charge is 0.0447 e. The lowest BCUT2D eigenvalue weighted by molar-refractivity contribution is 0.534. The quantitative estimate of drug-likeness (QED) is 0.341. The Bertz CT molecular complexity index is 1150. The van der Waals surface area contributed by atoms with Gasteiger partial charge in [-0.25, -0.2) is 0 Å². The van der Waals surface area contributed by atoms with Crippen LogP contribution in [0.3, 0.4) is 0 Å². The predicted octanol–water partition coefficient (Wildman–Crippen LogP) is 7.15. The maximum Gasteiger partial charge on any atom is 0.0447 e. The van der Waals surface area contributed by atoms with Crippen LogP contribution in [0, 0.1) is 0 Å². The van der Waals surface area contributed by atoms with E-state index in [1.165, 1.54) is 45.3 Å². The van der Waals surface area contributed by atoms with Gasteiger partial charge in [-0.05, 0) is 70.5 Å². The van der Waals surface area contributed by atoms with Crippen LogP contribution in [0.5, 0.6) is 0 Å². The molecule has 0 spiro atoms. The summed E-state index contributed by atoms with van der Waals surface area (Å²) in [5.41, 5.74) is 10.0. The van der Waals surface area contributed by atoms with Crippen molar-refractivity contribution >= 4 is 0 Å². The number of fused-ring (bicyclic) bond motifs is 8. The zero-order valence-corrected chi connectivity index (χ0v) is 20.8. The molecule has 1 aliphatic heterocycles. The molecule has 2 aliphatic rings. The molecule has 5 rings (SSSR count). The van der Waals surface area contributed by atoms with Gasteiger partial charge in [0.15, 0.2) is 0 Å². The Balaban J connectivity index is 1.71. The number of allylic oxidation sites excluding steroid dienone is 4. The first-order valence-electron chi connectivity index (χ1n) is 11.8. The van der Waals surface area contributed by atoms with Crippen LogP contribution in [0.4, 0.5) is 0 Å². The van der Waals surface area contributed by atoms with Crippen LogP contribution < -0.4 is 0 Å². The van der Waals surface area contributed by atoms with Crippen molar-refractivity contribution in [3.05, 3.63) is 93.9 Å². The summed E-state index contributed by atoms with van der Waals surface area (Å²) in [6, 6.07) is 13.6. The second-order valence-electron chi connectivity index (χ2n) is 11.9. The molecule has 1 aliphatic carbocycles. The molecule has 0 fully saturated rings. The monoisotopic (exact) mass is 427 g/mol. The van der Waals surface area contributed by atoms with E-state index in [4.69, 9.17) is 0 Å². The molecule has 0 aromatic carbocycles. The molecule has 3 aromatic rings. The lowest BCUT2D eigenvalue weighted by Crippen LogP contribution is -2.27. The van der Waals surface area contributed by atoms with E-state index in [-0.39, 0.29) is 21.7 Å². The van der Waals surface area contributed by atoms with E-state index >= 15 is 0 Å². The molecule has 0 atom stereocenters. The van der Waals surface area contributed by atoms with Crippen molar-refractivity contribution in [1.82, 2.24) is 15.0 Å². The Morgan fingerprint density at radius 2 is 0.688 bits per heavy atom. The molecular formula is C29H37N3. The van der Waals surface area contributed by atoms with Crippen molar-refractivity contribution in [1.29, 1.82) is 0 Å². The van der Waals surface area contributed by atoms with Gasteiger partial charge in [0, 0.05) is 55.8 Å². The summed E-state index contributed by atoms with van der Waals surface area (Å²) in [7, 11) is 0. The fraction of sp³-hybridized carbons (Fsp3) is 0.448. The van der Waals surface area contributed by atoms with Crippen LogP contribution in [-0.4, -0.2) is 15.0 Å². The average Bonchev–Trinajstić information content (AvgIpc) is 3.53. The minimum atomic E-state index is -0.143. The zero-order chi connectivity index (χ0) is 23.1. The van der Waals surface area contributed by atoms with Gasteiger partial charge in [0.2, 0.25) is 0 Å². The number of H-pyrrole nitrogens is 3. The molecule has 3 heteroatoms. The lowest BCUT2D eigenvalue weighted by atomic mass is 9.75. The minimum absolute atomic E-state index is 0.0521. The number of nitrogens with one attached hydrogen (secondary N) is 3. The van der Waals surface area contributed by atoms with Gasteiger partial charge in [-0.2, -0.15) is 0 Å². The number of hydrogen-bond donors (Lipinski definition) is 3. The Morgan fingerprint density at radius 3 is 0.969 bits per heavy atom. The van der Waals surface area contributed by atoms with E-state index in [1.54, 1.807) is 0 Å². The first-order valence-corrected chi connectivity index (χ1v) is 11.8. The maximum absolute atomic E-state index is 3.81. The summed E-state index contributed by atoms with van der Waals surface area (Å²) in [6.45, 7) is 18.6. The van der Waals surface area contributed by atoms with Crippen molar-refractivity contribution in [2.75, 3.05) is 0 Å². The van der Waals surface area contributed by atoms with Gasteiger partial charge in [-0.3, -0.25) is 0 Å². The molecule has 0 saturated heterocycles. The average molecular weight is 428 g/mol. The summed E-state index contributed by atoms with van der Waals surface area (Å²) in [4.78, 5) is 11.4. The van der Waals surface area contributed by atoms with Crippen LogP contribution in [-0.2, 0) is 21.7 Å². The van der Waals surface area contributed by atoms with E-state index in [2.05, 4.69) is 119 Å². The molecule has 0 unspecified atom stereocenters. The third kappa shape index (κ3) is 2.86. The third-order valence-corrected chi connectivity index (χ3v) is 8.57. The van der Waals surface area contributed by atoms with Crippen molar-refractivity contribution in [3.63, 3.8) is 0 Å². The number of hydrogen-bond acceptors (Lipinski definition) is 0. The second-order valence-corrected chi connectivity index (χ2v) is 11.9. The van der Waals surface area contributed by atoms with Crippen molar-refractivity contribution in [3.8, 4) is 0 Å². The fourth-order valence-corrected chi connectivity index (χ4v) is 5.39. The fourth-order valence-electron chi connectivity index (χ4n) is 5.39. The predicted molar refractivity (Wildman–Crippen MR) is 133 cm³/mol. The van der Waals surface area contributed by atoms with Gasteiger partial charge in [0.05, 0.1) is 0 Å². The third-order valence-electron chi connectivity index (χ3n) is 8.57. The SMILES string of the molecule is CC1(C)C2=CC=C(C2)C(C)(C)c2ccc([nH]2)C(C)(C)c2ccc([nH]2)C(C)(C)c2ccc1[nH]2. The summed E-state index contributed by atoms with van der Waals surface area (Å²) in [5.74, 6) is 0. The molecule has 168 valence electrons. The standard InChI is InChI=1S/C29H37N3/c1-26(2)18-9-10-19(17-18)27(3,4)21-12-14-23(31-21)29(7,8)25-16-15-24(32-25)28(5,6)22-13-11-20(26)30-22/h9-16,30-32H,17H2,1-8H3. The molecule has 8 bridgehead atoms. The Morgan fingerprint density at radius 1 is 0.438 bits per heavy atom. The van der Waals surface area contributed by atoms with Crippen molar-refractivity contribution in [2.24, 2.45) is 0 Å². The highest BCUT2D eigenvalue weighted by atomic mass is 14.8. The van der Waals surface area contributed by atoms with E-state index in [9.17, 15) is 0 Å². The second kappa shape index (κ2) is 6.43. The molecule has 4 heterocycles. The van der Waals surface area contributed by atoms with Gasteiger partial charge in [-0.15, -0.1) is 0 Å². The summed E-state index contributed by atoms with van der Waals surface area (Å²) in [5, 5.41) is 0. The first-order chi connectivity index (χ1) is 14.8. The van der Waals surface area contributed by atoms with Gasteiger partial charge in [0.25, 0.3) is 0 Å². The Hall–Kier alpha value is -2.68. The topological polar surface area (TPSA) is 47.4 Å². The molecule has 0 saturated carbocycles. The van der Waals surface area contributed by atoms with Gasteiger partial charge >= 0.3 is 0 Å². The molecule has 3 nitrogen and oxygen atoms in total. The summed E-state index contributed by atoms with van der Waals surface area (Å²) in [6.07, 6.45) is 5.71. The highest BCUT2D eigenvalue weighted by molar-refractivity contribution is 5.48. The van der Waals surface area contributed by atoms with Crippen LogP contribution in [0.15, 0.2) is 59.7 Å². The van der Waals surface area contributed by atoms with E-state index < -0.39 is 0 Å². The highest BCUT2D eigenvalue weighted by Gasteiger charge is 2.38. The molecule has 0 radical (unpaired) electrons. The van der Waals surface area contributed by atoms with E-state index in [0.29, 0.717) is 0 Å².